The molecule has 0 saturated heterocycles. The number of hydrogen-bond acceptors (Lipinski definition) is 5. The van der Waals surface area contributed by atoms with Gasteiger partial charge in [0.25, 0.3) is 0 Å². The van der Waals surface area contributed by atoms with Crippen molar-refractivity contribution in [1.82, 2.24) is 0 Å². The topological polar surface area (TPSA) is 98.0 Å². The Kier molecular flexibility index (Phi) is 5.65. The molecule has 4 fully saturated rings. The van der Waals surface area contributed by atoms with E-state index < -0.39 is 23.7 Å². The van der Waals surface area contributed by atoms with E-state index in [-0.39, 0.29) is 57.7 Å². The van der Waals surface area contributed by atoms with Crippen molar-refractivity contribution in [2.24, 2.45) is 56.7 Å². The number of ketones is 1. The Hall–Kier alpha value is -0.750. The molecule has 0 aromatic rings. The van der Waals surface area contributed by atoms with E-state index in [4.69, 9.17) is 0 Å². The Labute approximate surface area is 211 Å². The number of hydrogen-bond donors (Lipinski definition) is 4. The summed E-state index contributed by atoms with van der Waals surface area (Å²) in [6.45, 7) is 15.3. The molecule has 0 heterocycles. The van der Waals surface area contributed by atoms with E-state index >= 15 is 0 Å². The maximum atomic E-state index is 13.0. The highest BCUT2D eigenvalue weighted by molar-refractivity contribution is 5.89. The summed E-state index contributed by atoms with van der Waals surface area (Å²) < 4.78 is 0. The van der Waals surface area contributed by atoms with Crippen molar-refractivity contribution in [1.29, 1.82) is 0 Å². The van der Waals surface area contributed by atoms with Gasteiger partial charge in [0.1, 0.15) is 6.10 Å². The number of carbonyl (C=O) groups is 1. The number of rotatable bonds is 2. The summed E-state index contributed by atoms with van der Waals surface area (Å²) in [7, 11) is 0. The summed E-state index contributed by atoms with van der Waals surface area (Å²) in [6.07, 6.45) is 4.61. The number of fused-ring (bicyclic) bond motifs is 7. The molecule has 4 N–H and O–H groups in total. The first-order valence-corrected chi connectivity index (χ1v) is 14.0. The molecule has 0 bridgehead atoms. The lowest BCUT2D eigenvalue weighted by Crippen LogP contribution is -2.67. The van der Waals surface area contributed by atoms with Gasteiger partial charge in [-0.15, -0.1) is 0 Å². The Balaban J connectivity index is 1.64. The third kappa shape index (κ3) is 2.93. The first-order chi connectivity index (χ1) is 16.1. The summed E-state index contributed by atoms with van der Waals surface area (Å²) in [5.74, 6) is 0.485. The maximum absolute atomic E-state index is 13.0. The molecule has 0 unspecified atom stereocenters. The molecule has 11 atom stereocenters. The number of Topliss-reactive ketones (excluding diaryl/α,β-unsaturated/α-hetero) is 1. The molecule has 0 aliphatic heterocycles. The van der Waals surface area contributed by atoms with Crippen LogP contribution in [0.5, 0.6) is 0 Å². The molecular weight excluding hydrogens is 440 g/mol. The van der Waals surface area contributed by atoms with E-state index in [1.807, 2.05) is 13.8 Å². The maximum Gasteiger partial charge on any atom is 0.167 e. The third-order valence-corrected chi connectivity index (χ3v) is 12.9. The zero-order valence-corrected chi connectivity index (χ0v) is 22.8. The van der Waals surface area contributed by atoms with E-state index in [1.54, 1.807) is 0 Å². The van der Waals surface area contributed by atoms with Crippen LogP contribution in [0.2, 0.25) is 0 Å². The van der Waals surface area contributed by atoms with E-state index in [1.165, 1.54) is 5.57 Å². The highest BCUT2D eigenvalue weighted by Crippen LogP contribution is 2.76. The summed E-state index contributed by atoms with van der Waals surface area (Å²) in [4.78, 5) is 13.0. The molecule has 5 nitrogen and oxygen atoms in total. The molecule has 0 aromatic carbocycles. The van der Waals surface area contributed by atoms with Crippen molar-refractivity contribution in [2.45, 2.75) is 105 Å². The van der Waals surface area contributed by atoms with Crippen LogP contribution in [0.1, 0.15) is 87.0 Å². The lowest BCUT2D eigenvalue weighted by molar-refractivity contribution is -0.209. The Morgan fingerprint density at radius 2 is 1.63 bits per heavy atom. The second-order valence-electron chi connectivity index (χ2n) is 14.8. The molecule has 0 aromatic heterocycles. The quantitative estimate of drug-likeness (QED) is 0.439. The van der Waals surface area contributed by atoms with Crippen molar-refractivity contribution in [3.8, 4) is 0 Å². The summed E-state index contributed by atoms with van der Waals surface area (Å²) in [6, 6.07) is 0. The van der Waals surface area contributed by atoms with Gasteiger partial charge in [-0.1, -0.05) is 60.1 Å². The van der Waals surface area contributed by atoms with Gasteiger partial charge in [-0.2, -0.15) is 0 Å². The predicted molar refractivity (Wildman–Crippen MR) is 135 cm³/mol. The lowest BCUT2D eigenvalue weighted by atomic mass is 9.35. The van der Waals surface area contributed by atoms with Gasteiger partial charge in [-0.3, -0.25) is 4.79 Å². The van der Waals surface area contributed by atoms with E-state index in [0.29, 0.717) is 18.8 Å². The molecule has 0 radical (unpaired) electrons. The van der Waals surface area contributed by atoms with E-state index in [0.717, 1.165) is 25.7 Å². The van der Waals surface area contributed by atoms with Gasteiger partial charge in [-0.25, -0.2) is 0 Å². The molecular formula is C30H48O5. The summed E-state index contributed by atoms with van der Waals surface area (Å²) in [5.41, 5.74) is -0.582. The smallest absolute Gasteiger partial charge is 0.167 e. The van der Waals surface area contributed by atoms with Crippen LogP contribution in [0.4, 0.5) is 0 Å². The molecule has 5 aliphatic carbocycles. The Morgan fingerprint density at radius 3 is 2.23 bits per heavy atom. The third-order valence-electron chi connectivity index (χ3n) is 12.9. The van der Waals surface area contributed by atoms with Crippen LogP contribution in [0.3, 0.4) is 0 Å². The number of carbonyl (C=O) groups excluding carboxylic acids is 1. The van der Waals surface area contributed by atoms with E-state index in [9.17, 15) is 25.2 Å². The van der Waals surface area contributed by atoms with Gasteiger partial charge in [0.2, 0.25) is 0 Å². The molecule has 35 heavy (non-hydrogen) atoms. The van der Waals surface area contributed by atoms with Crippen LogP contribution in [0, 0.1) is 56.7 Å². The van der Waals surface area contributed by atoms with Crippen molar-refractivity contribution in [3.63, 3.8) is 0 Å². The molecule has 198 valence electrons. The van der Waals surface area contributed by atoms with Crippen molar-refractivity contribution in [2.75, 3.05) is 6.61 Å². The Morgan fingerprint density at radius 1 is 0.971 bits per heavy atom. The Bertz CT molecular complexity index is 939. The van der Waals surface area contributed by atoms with Crippen molar-refractivity contribution in [3.05, 3.63) is 11.6 Å². The SMILES string of the molecule is CC(C)[C@@H]1C[C@@H](O)[C@H]2[C@@]1(CO)CC[C@@]1(C)[C@H]3C(=CC[C@]21C)[C@@]1(C)C[C@@H](O)C(=O)C(C)(C)[C@@H]1C[C@@H]3O. The van der Waals surface area contributed by atoms with Gasteiger partial charge in [0.15, 0.2) is 5.78 Å². The van der Waals surface area contributed by atoms with Crippen molar-refractivity contribution < 1.29 is 25.2 Å². The van der Waals surface area contributed by atoms with Gasteiger partial charge in [0, 0.05) is 23.4 Å². The van der Waals surface area contributed by atoms with Gasteiger partial charge >= 0.3 is 0 Å². The van der Waals surface area contributed by atoms with Crippen molar-refractivity contribution >= 4 is 5.78 Å². The van der Waals surface area contributed by atoms with Crippen LogP contribution in [0.25, 0.3) is 0 Å². The van der Waals surface area contributed by atoms with Crippen LogP contribution >= 0.6 is 0 Å². The minimum Gasteiger partial charge on any atom is -0.396 e. The van der Waals surface area contributed by atoms with Gasteiger partial charge in [-0.05, 0) is 78.4 Å². The second-order valence-corrected chi connectivity index (χ2v) is 14.8. The molecule has 5 aliphatic rings. The zero-order valence-electron chi connectivity index (χ0n) is 22.8. The zero-order chi connectivity index (χ0) is 25.9. The van der Waals surface area contributed by atoms with E-state index in [2.05, 4.69) is 40.7 Å². The molecule has 5 heteroatoms. The number of allylic oxidation sites excluding steroid dienone is 1. The molecule has 4 saturated carbocycles. The number of aliphatic hydroxyl groups excluding tert-OH is 4. The second kappa shape index (κ2) is 7.65. The summed E-state index contributed by atoms with van der Waals surface area (Å²) >= 11 is 0. The van der Waals surface area contributed by atoms with Gasteiger partial charge < -0.3 is 20.4 Å². The normalized spacial score (nSPS) is 55.0. The first kappa shape index (κ1) is 25.9. The average molecular weight is 489 g/mol. The fourth-order valence-electron chi connectivity index (χ4n) is 11.2. The lowest BCUT2D eigenvalue weighted by Gasteiger charge is -2.70. The molecule has 5 rings (SSSR count). The van der Waals surface area contributed by atoms with Crippen LogP contribution < -0.4 is 0 Å². The van der Waals surface area contributed by atoms with Crippen LogP contribution in [0.15, 0.2) is 11.6 Å². The number of aliphatic hydroxyl groups is 4. The standard InChI is InChI=1S/C30H48O5/c1-16(2)18-12-20(33)24-29(7)9-8-17-23(28(29,6)10-11-30(18,24)15-31)19(32)13-22-26(3,4)25(35)21(34)14-27(17,22)5/h8,16,18-24,31-34H,9-15H2,1-7H3/t18-,19-,20+,21+,22-,23-,24+,27+,28-,29+,30+/m0/s1. The molecule has 0 spiro atoms. The minimum atomic E-state index is -0.971. The molecule has 0 amide bonds. The fraction of sp³-hybridized carbons (Fsp3) is 0.900. The first-order valence-electron chi connectivity index (χ1n) is 14.0. The van der Waals surface area contributed by atoms with Crippen LogP contribution in [-0.4, -0.2) is 51.1 Å². The van der Waals surface area contributed by atoms with Gasteiger partial charge in [0.05, 0.1) is 12.2 Å². The van der Waals surface area contributed by atoms with Crippen LogP contribution in [-0.2, 0) is 4.79 Å². The average Bonchev–Trinajstić information content (AvgIpc) is 3.09. The largest absolute Gasteiger partial charge is 0.396 e. The minimum absolute atomic E-state index is 0.0149. The highest BCUT2D eigenvalue weighted by Gasteiger charge is 2.72. The summed E-state index contributed by atoms with van der Waals surface area (Å²) in [5, 5.41) is 45.0. The fourth-order valence-corrected chi connectivity index (χ4v) is 11.2. The highest BCUT2D eigenvalue weighted by atomic mass is 16.3. The predicted octanol–water partition coefficient (Wildman–Crippen LogP) is 4.12. The monoisotopic (exact) mass is 488 g/mol.